The molecular weight excluding hydrogens is 456 g/mol. The molecule has 0 radical (unpaired) electrons. The first-order valence-electron chi connectivity index (χ1n) is 13.0. The first-order valence-corrected chi connectivity index (χ1v) is 13.0. The van der Waals surface area contributed by atoms with E-state index < -0.39 is 5.41 Å². The van der Waals surface area contributed by atoms with Crippen LogP contribution in [0.15, 0.2) is 131 Å². The molecule has 0 bridgehead atoms. The van der Waals surface area contributed by atoms with E-state index in [0.717, 1.165) is 46.9 Å². The molecule has 2 aliphatic heterocycles. The highest BCUT2D eigenvalue weighted by Gasteiger charge is 2.60. The summed E-state index contributed by atoms with van der Waals surface area (Å²) in [6.07, 6.45) is 1.51. The topological polar surface area (TPSA) is 43.2 Å². The minimum Gasteiger partial charge on any atom is -0.469 e. The van der Waals surface area contributed by atoms with E-state index in [9.17, 15) is 0 Å². The Kier molecular flexibility index (Phi) is 5.39. The molecule has 3 aliphatic rings. The molecule has 0 saturated heterocycles. The normalized spacial score (nSPS) is 25.5. The van der Waals surface area contributed by atoms with Crippen LogP contribution in [0.3, 0.4) is 0 Å². The molecule has 2 heterocycles. The van der Waals surface area contributed by atoms with E-state index in [-0.39, 0.29) is 24.3 Å². The van der Waals surface area contributed by atoms with Gasteiger partial charge in [-0.05, 0) is 35.1 Å². The Bertz CT molecular complexity index is 1320. The fourth-order valence-corrected chi connectivity index (χ4v) is 5.52. The first kappa shape index (κ1) is 22.1. The van der Waals surface area contributed by atoms with Crippen LogP contribution in [0, 0.1) is 5.41 Å². The number of rotatable bonds is 6. The van der Waals surface area contributed by atoms with E-state index in [0.29, 0.717) is 0 Å². The second kappa shape index (κ2) is 9.04. The van der Waals surface area contributed by atoms with Gasteiger partial charge in [-0.2, -0.15) is 0 Å². The van der Waals surface area contributed by atoms with E-state index in [1.807, 2.05) is 24.3 Å². The maximum absolute atomic E-state index is 6.73. The highest BCUT2D eigenvalue weighted by Crippen LogP contribution is 2.57. The van der Waals surface area contributed by atoms with Gasteiger partial charge in [0.25, 0.3) is 0 Å². The molecule has 0 amide bonds. The van der Waals surface area contributed by atoms with E-state index in [1.54, 1.807) is 0 Å². The third-order valence-corrected chi connectivity index (χ3v) is 7.67. The van der Waals surface area contributed by atoms with Crippen LogP contribution >= 0.6 is 0 Å². The zero-order valence-corrected chi connectivity index (χ0v) is 20.5. The van der Waals surface area contributed by atoms with Crippen molar-refractivity contribution in [3.8, 4) is 0 Å². The van der Waals surface area contributed by atoms with Gasteiger partial charge in [-0.3, -0.25) is 0 Å². The molecule has 0 N–H and O–H groups in total. The van der Waals surface area contributed by atoms with E-state index >= 15 is 0 Å². The Morgan fingerprint density at radius 1 is 0.459 bits per heavy atom. The molecule has 1 fully saturated rings. The van der Waals surface area contributed by atoms with Gasteiger partial charge in [0.2, 0.25) is 11.8 Å². The van der Waals surface area contributed by atoms with Crippen LogP contribution in [0.25, 0.3) is 0 Å². The van der Waals surface area contributed by atoms with Gasteiger partial charge in [-0.25, -0.2) is 9.98 Å². The summed E-state index contributed by atoms with van der Waals surface area (Å²) in [6.45, 7) is 0. The average Bonchev–Trinajstić information content (AvgIpc) is 3.45. The standard InChI is InChI=1S/C33H28N2O2/c1-5-13-23(14-6-1)27-29(25-17-9-3-10-18-25)36-31(34-27)33(21-22-33)32-35-28(24-15-7-2-8-16-24)30(37-32)26-19-11-4-12-20-26/h1-20,27-30H,21-22H2/t27-,28-,29-,30-/m1/s1. The summed E-state index contributed by atoms with van der Waals surface area (Å²) in [6, 6.07) is 41.5. The fourth-order valence-electron chi connectivity index (χ4n) is 5.52. The van der Waals surface area contributed by atoms with Crippen molar-refractivity contribution in [2.45, 2.75) is 37.1 Å². The first-order chi connectivity index (χ1) is 18.3. The van der Waals surface area contributed by atoms with Crippen LogP contribution in [0.2, 0.25) is 0 Å². The molecular formula is C33H28N2O2. The highest BCUT2D eigenvalue weighted by atomic mass is 16.5. The largest absolute Gasteiger partial charge is 0.469 e. The number of nitrogens with zero attached hydrogens (tertiary/aromatic N) is 2. The van der Waals surface area contributed by atoms with E-state index in [2.05, 4.69) is 97.1 Å². The van der Waals surface area contributed by atoms with Gasteiger partial charge in [-0.1, -0.05) is 121 Å². The van der Waals surface area contributed by atoms with Crippen molar-refractivity contribution in [1.82, 2.24) is 0 Å². The van der Waals surface area contributed by atoms with Gasteiger partial charge < -0.3 is 9.47 Å². The third kappa shape index (κ3) is 3.93. The lowest BCUT2D eigenvalue weighted by Gasteiger charge is -2.21. The van der Waals surface area contributed by atoms with Gasteiger partial charge in [0.05, 0.1) is 0 Å². The maximum Gasteiger partial charge on any atom is 0.200 e. The van der Waals surface area contributed by atoms with E-state index in [4.69, 9.17) is 19.5 Å². The van der Waals surface area contributed by atoms with E-state index in [1.165, 1.54) is 0 Å². The third-order valence-electron chi connectivity index (χ3n) is 7.67. The molecule has 0 spiro atoms. The maximum atomic E-state index is 6.73. The fraction of sp³-hybridized carbons (Fsp3) is 0.212. The molecule has 37 heavy (non-hydrogen) atoms. The average molecular weight is 485 g/mol. The van der Waals surface area contributed by atoms with Crippen molar-refractivity contribution in [3.63, 3.8) is 0 Å². The molecule has 4 nitrogen and oxygen atoms in total. The predicted octanol–water partition coefficient (Wildman–Crippen LogP) is 7.59. The summed E-state index contributed by atoms with van der Waals surface area (Å²) in [5, 5.41) is 0. The Labute approximate surface area is 217 Å². The van der Waals surface area contributed by atoms with Crippen LogP contribution in [0.4, 0.5) is 0 Å². The smallest absolute Gasteiger partial charge is 0.200 e. The molecule has 0 unspecified atom stereocenters. The van der Waals surface area contributed by atoms with Crippen LogP contribution in [0.1, 0.15) is 59.4 Å². The summed E-state index contributed by atoms with van der Waals surface area (Å²) in [5.74, 6) is 1.52. The summed E-state index contributed by atoms with van der Waals surface area (Å²) in [4.78, 5) is 10.4. The second-order valence-electron chi connectivity index (χ2n) is 10.1. The summed E-state index contributed by atoms with van der Waals surface area (Å²) >= 11 is 0. The molecule has 0 aromatic heterocycles. The molecule has 4 aromatic rings. The quantitative estimate of drug-likeness (QED) is 0.283. The lowest BCUT2D eigenvalue weighted by atomic mass is 9.97. The van der Waals surface area contributed by atoms with Crippen LogP contribution in [-0.2, 0) is 9.47 Å². The summed E-state index contributed by atoms with van der Waals surface area (Å²) in [7, 11) is 0. The summed E-state index contributed by atoms with van der Waals surface area (Å²) < 4.78 is 13.5. The molecule has 7 rings (SSSR count). The molecule has 4 heteroatoms. The zero-order valence-electron chi connectivity index (χ0n) is 20.5. The minimum absolute atomic E-state index is 0.104. The molecule has 4 aromatic carbocycles. The number of aliphatic imine (C=N–C) groups is 2. The molecule has 1 saturated carbocycles. The highest BCUT2D eigenvalue weighted by molar-refractivity contribution is 6.09. The molecule has 4 atom stereocenters. The number of hydrogen-bond acceptors (Lipinski definition) is 4. The number of ether oxygens (including phenoxy) is 2. The van der Waals surface area contributed by atoms with Gasteiger partial charge in [0, 0.05) is 0 Å². The molecule has 1 aliphatic carbocycles. The Morgan fingerprint density at radius 3 is 1.11 bits per heavy atom. The second-order valence-corrected chi connectivity index (χ2v) is 10.1. The van der Waals surface area contributed by atoms with Crippen molar-refractivity contribution >= 4 is 11.8 Å². The van der Waals surface area contributed by atoms with Gasteiger partial charge in [0.15, 0.2) is 12.2 Å². The van der Waals surface area contributed by atoms with Crippen LogP contribution in [-0.4, -0.2) is 11.8 Å². The Morgan fingerprint density at radius 2 is 0.784 bits per heavy atom. The number of hydrogen-bond donors (Lipinski definition) is 0. The van der Waals surface area contributed by atoms with Crippen LogP contribution < -0.4 is 0 Å². The Hall–Kier alpha value is -4.18. The SMILES string of the molecule is c1ccc([C@H]2N=C(C3(C4=N[C@H](c5ccccc5)[C@@H](c5ccccc5)O4)CC3)O[C@@H]2c2ccccc2)cc1. The predicted molar refractivity (Wildman–Crippen MR) is 145 cm³/mol. The van der Waals surface area contributed by atoms with Gasteiger partial charge in [0.1, 0.15) is 17.5 Å². The van der Waals surface area contributed by atoms with Crippen molar-refractivity contribution in [2.75, 3.05) is 0 Å². The molecule has 182 valence electrons. The van der Waals surface area contributed by atoms with Gasteiger partial charge >= 0.3 is 0 Å². The van der Waals surface area contributed by atoms with Crippen LogP contribution in [0.5, 0.6) is 0 Å². The lowest BCUT2D eigenvalue weighted by Crippen LogP contribution is -2.27. The summed E-state index contributed by atoms with van der Waals surface area (Å²) in [5.41, 5.74) is 4.17. The van der Waals surface area contributed by atoms with Crippen molar-refractivity contribution in [2.24, 2.45) is 15.4 Å². The minimum atomic E-state index is -0.396. The Balaban J connectivity index is 1.26. The van der Waals surface area contributed by atoms with Crippen molar-refractivity contribution in [1.29, 1.82) is 0 Å². The monoisotopic (exact) mass is 484 g/mol. The number of benzene rings is 4. The zero-order chi connectivity index (χ0) is 24.7. The van der Waals surface area contributed by atoms with Gasteiger partial charge in [-0.15, -0.1) is 0 Å². The van der Waals surface area contributed by atoms with Crippen molar-refractivity contribution < 1.29 is 9.47 Å². The van der Waals surface area contributed by atoms with Crippen molar-refractivity contribution in [3.05, 3.63) is 144 Å². The lowest BCUT2D eigenvalue weighted by molar-refractivity contribution is 0.170.